The zero-order valence-corrected chi connectivity index (χ0v) is 15.1. The predicted octanol–water partition coefficient (Wildman–Crippen LogP) is 0.272. The van der Waals surface area contributed by atoms with Crippen LogP contribution in [-0.4, -0.2) is 48.3 Å². The van der Waals surface area contributed by atoms with Crippen LogP contribution in [0.2, 0.25) is 0 Å². The third-order valence-electron chi connectivity index (χ3n) is 4.25. The maximum Gasteiger partial charge on any atom is 0.348 e. The highest BCUT2D eigenvalue weighted by Gasteiger charge is 2.27. The Morgan fingerprint density at radius 2 is 2.08 bits per heavy atom. The quantitative estimate of drug-likeness (QED) is 0.775. The van der Waals surface area contributed by atoms with E-state index in [1.165, 1.54) is 23.3 Å². The molecule has 8 heteroatoms. The third kappa shape index (κ3) is 3.22. The van der Waals surface area contributed by atoms with Crippen LogP contribution in [0.3, 0.4) is 0 Å². The number of fused-ring (bicyclic) bond motifs is 1. The molecule has 0 bridgehead atoms. The van der Waals surface area contributed by atoms with Crippen molar-refractivity contribution in [2.24, 2.45) is 0 Å². The van der Waals surface area contributed by atoms with Gasteiger partial charge in [-0.1, -0.05) is 0 Å². The number of esters is 1. The van der Waals surface area contributed by atoms with Crippen LogP contribution in [0.25, 0.3) is 10.2 Å². The van der Waals surface area contributed by atoms with Gasteiger partial charge >= 0.3 is 5.97 Å². The van der Waals surface area contributed by atoms with Crippen LogP contribution in [0.1, 0.15) is 34.9 Å². The maximum atomic E-state index is 12.4. The number of ether oxygens (including phenoxy) is 2. The van der Waals surface area contributed by atoms with E-state index in [1.54, 1.807) is 6.92 Å². The number of quaternary nitrogens is 1. The highest BCUT2D eigenvalue weighted by molar-refractivity contribution is 7.20. The van der Waals surface area contributed by atoms with E-state index in [0.717, 1.165) is 13.1 Å². The van der Waals surface area contributed by atoms with Gasteiger partial charge in [-0.05, 0) is 26.3 Å². The van der Waals surface area contributed by atoms with Gasteiger partial charge in [0.15, 0.2) is 5.82 Å². The highest BCUT2D eigenvalue weighted by Crippen LogP contribution is 2.27. The highest BCUT2D eigenvalue weighted by atomic mass is 32.1. The number of aryl methyl sites for hydroxylation is 1. The minimum absolute atomic E-state index is 0.189. The largest absolute Gasteiger partial charge is 0.465 e. The monoisotopic (exact) mass is 352 g/mol. The van der Waals surface area contributed by atoms with E-state index in [-0.39, 0.29) is 17.8 Å². The molecule has 0 aliphatic carbocycles. The van der Waals surface area contributed by atoms with Crippen molar-refractivity contribution < 1.29 is 19.2 Å². The van der Waals surface area contributed by atoms with Crippen LogP contribution in [0, 0.1) is 6.92 Å². The Morgan fingerprint density at radius 1 is 1.42 bits per heavy atom. The van der Waals surface area contributed by atoms with Gasteiger partial charge in [-0.25, -0.2) is 9.78 Å². The van der Waals surface area contributed by atoms with E-state index in [0.29, 0.717) is 33.0 Å². The fourth-order valence-electron chi connectivity index (χ4n) is 3.33. The van der Waals surface area contributed by atoms with Gasteiger partial charge < -0.3 is 19.4 Å². The predicted molar refractivity (Wildman–Crippen MR) is 90.7 cm³/mol. The van der Waals surface area contributed by atoms with E-state index in [9.17, 15) is 9.59 Å². The van der Waals surface area contributed by atoms with Gasteiger partial charge in [-0.15, -0.1) is 11.3 Å². The van der Waals surface area contributed by atoms with E-state index in [2.05, 4.69) is 23.8 Å². The first kappa shape index (κ1) is 17.1. The number of methoxy groups -OCH3 is 1. The molecule has 0 spiro atoms. The number of hydrogen-bond acceptors (Lipinski definition) is 6. The molecule has 1 aliphatic rings. The summed E-state index contributed by atoms with van der Waals surface area (Å²) in [7, 11) is 1.33. The van der Waals surface area contributed by atoms with Crippen molar-refractivity contribution in [2.75, 3.05) is 20.2 Å². The number of nitrogens with one attached hydrogen (secondary N) is 2. The van der Waals surface area contributed by atoms with Gasteiger partial charge in [0.05, 0.1) is 12.5 Å². The lowest BCUT2D eigenvalue weighted by Crippen LogP contribution is -3.14. The molecule has 1 saturated heterocycles. The third-order valence-corrected chi connectivity index (χ3v) is 5.42. The van der Waals surface area contributed by atoms with Crippen molar-refractivity contribution in [3.05, 3.63) is 26.6 Å². The number of hydrogen-bond donors (Lipinski definition) is 2. The number of nitrogens with zero attached hydrogens (tertiary/aromatic N) is 1. The lowest BCUT2D eigenvalue weighted by molar-refractivity contribution is -0.928. The smallest absolute Gasteiger partial charge is 0.348 e. The number of thiophene rings is 1. The van der Waals surface area contributed by atoms with Gasteiger partial charge in [-0.3, -0.25) is 4.79 Å². The molecular formula is C16H22N3O4S+. The van der Waals surface area contributed by atoms with Crippen LogP contribution >= 0.6 is 11.3 Å². The molecule has 0 radical (unpaired) electrons. The van der Waals surface area contributed by atoms with Crippen LogP contribution in [0.15, 0.2) is 4.79 Å². The summed E-state index contributed by atoms with van der Waals surface area (Å²) in [6.45, 7) is 8.25. The molecule has 2 N–H and O–H groups in total. The van der Waals surface area contributed by atoms with Crippen molar-refractivity contribution in [2.45, 2.75) is 39.5 Å². The molecule has 2 aromatic heterocycles. The molecule has 3 rings (SSSR count). The molecule has 2 aromatic rings. The summed E-state index contributed by atoms with van der Waals surface area (Å²) in [5, 5.41) is 0.475. The van der Waals surface area contributed by atoms with Crippen LogP contribution in [0.4, 0.5) is 0 Å². The van der Waals surface area contributed by atoms with Gasteiger partial charge in [0, 0.05) is 0 Å². The number of rotatable bonds is 3. The van der Waals surface area contributed by atoms with Crippen molar-refractivity contribution in [3.63, 3.8) is 0 Å². The SMILES string of the molecule is COC(=O)c1sc2nc(C[NH+]3C[C@@H](C)O[C@H](C)C3)[nH]c(=O)c2c1C. The van der Waals surface area contributed by atoms with Gasteiger partial charge in [0.2, 0.25) is 0 Å². The summed E-state index contributed by atoms with van der Waals surface area (Å²) in [6, 6.07) is 0. The number of aromatic nitrogens is 2. The van der Waals surface area contributed by atoms with Crippen LogP contribution in [-0.2, 0) is 16.0 Å². The Labute approximate surface area is 143 Å². The van der Waals surface area contributed by atoms with E-state index in [1.807, 2.05) is 0 Å². The number of carbonyl (C=O) groups excluding carboxylic acids is 1. The molecule has 130 valence electrons. The fraction of sp³-hybridized carbons (Fsp3) is 0.562. The number of carbonyl (C=O) groups is 1. The second-order valence-electron chi connectivity index (χ2n) is 6.33. The summed E-state index contributed by atoms with van der Waals surface area (Å²) in [4.78, 5) is 34.0. The minimum atomic E-state index is -0.432. The minimum Gasteiger partial charge on any atom is -0.465 e. The summed E-state index contributed by atoms with van der Waals surface area (Å²) in [5.74, 6) is 0.208. The van der Waals surface area contributed by atoms with Crippen LogP contribution < -0.4 is 10.5 Å². The molecule has 1 aliphatic heterocycles. The molecule has 0 saturated carbocycles. The van der Waals surface area contributed by atoms with Crippen molar-refractivity contribution in [3.8, 4) is 0 Å². The Bertz CT molecular complexity index is 819. The Balaban J connectivity index is 1.93. The lowest BCUT2D eigenvalue weighted by Gasteiger charge is -2.32. The Kier molecular flexibility index (Phi) is 4.71. The molecule has 0 unspecified atom stereocenters. The normalized spacial score (nSPS) is 24.2. The van der Waals surface area contributed by atoms with Crippen LogP contribution in [0.5, 0.6) is 0 Å². The van der Waals surface area contributed by atoms with Crippen molar-refractivity contribution in [1.82, 2.24) is 9.97 Å². The fourth-order valence-corrected chi connectivity index (χ4v) is 4.45. The second kappa shape index (κ2) is 6.62. The van der Waals surface area contributed by atoms with Gasteiger partial charge in [0.1, 0.15) is 41.5 Å². The van der Waals surface area contributed by atoms with Gasteiger partial charge in [-0.2, -0.15) is 0 Å². The summed E-state index contributed by atoms with van der Waals surface area (Å²) >= 11 is 1.21. The summed E-state index contributed by atoms with van der Waals surface area (Å²) < 4.78 is 10.5. The molecule has 24 heavy (non-hydrogen) atoms. The Hall–Kier alpha value is -1.77. The molecule has 0 amide bonds. The van der Waals surface area contributed by atoms with E-state index in [4.69, 9.17) is 9.47 Å². The first-order chi connectivity index (χ1) is 11.4. The van der Waals surface area contributed by atoms with E-state index >= 15 is 0 Å². The zero-order chi connectivity index (χ0) is 17.4. The standard InChI is InChI=1S/C16H21N3O4S/c1-8-5-19(6-9(2)23-8)7-11-17-14(20)12-10(3)13(16(21)22-4)24-15(12)18-11/h8-9H,5-7H2,1-4H3,(H,17,18,20)/p+1/t8-,9-/m1/s1. The zero-order valence-electron chi connectivity index (χ0n) is 14.3. The molecular weight excluding hydrogens is 330 g/mol. The Morgan fingerprint density at radius 3 is 2.71 bits per heavy atom. The van der Waals surface area contributed by atoms with E-state index < -0.39 is 5.97 Å². The van der Waals surface area contributed by atoms with Crippen molar-refractivity contribution >= 4 is 27.5 Å². The molecule has 7 nitrogen and oxygen atoms in total. The first-order valence-corrected chi connectivity index (χ1v) is 8.80. The lowest BCUT2D eigenvalue weighted by atomic mass is 10.2. The molecule has 2 atom stereocenters. The topological polar surface area (TPSA) is 85.7 Å². The molecule has 0 aromatic carbocycles. The average Bonchev–Trinajstić information content (AvgIpc) is 2.82. The summed E-state index contributed by atoms with van der Waals surface area (Å²) in [6.07, 6.45) is 0.378. The molecule has 3 heterocycles. The first-order valence-electron chi connectivity index (χ1n) is 7.98. The maximum absolute atomic E-state index is 12.4. The number of morpholine rings is 1. The number of aromatic amines is 1. The molecule has 1 fully saturated rings. The average molecular weight is 352 g/mol. The second-order valence-corrected chi connectivity index (χ2v) is 7.33. The summed E-state index contributed by atoms with van der Waals surface area (Å²) in [5.41, 5.74) is 0.427. The number of H-pyrrole nitrogens is 1. The van der Waals surface area contributed by atoms with Gasteiger partial charge in [0.25, 0.3) is 5.56 Å². The van der Waals surface area contributed by atoms with Crippen molar-refractivity contribution in [1.29, 1.82) is 0 Å².